The van der Waals surface area contributed by atoms with Crippen LogP contribution < -0.4 is 5.32 Å². The molecular weight excluding hydrogens is 342 g/mol. The smallest absolute Gasteiger partial charge is 0.251 e. The number of carbonyl (C=O) groups is 1. The second-order valence-corrected chi connectivity index (χ2v) is 7.35. The molecule has 4 rings (SSSR count). The fraction of sp³-hybridized carbons (Fsp3) is 0.235. The fourth-order valence-corrected chi connectivity index (χ4v) is 4.59. The van der Waals surface area contributed by atoms with E-state index in [4.69, 9.17) is 0 Å². The van der Waals surface area contributed by atoms with Crippen molar-refractivity contribution >= 4 is 40.4 Å². The van der Waals surface area contributed by atoms with Gasteiger partial charge in [-0.05, 0) is 29.3 Å². The minimum absolute atomic E-state index is 0.184. The topological polar surface area (TPSA) is 75.1 Å². The van der Waals surface area contributed by atoms with Crippen molar-refractivity contribution in [2.24, 2.45) is 0 Å². The van der Waals surface area contributed by atoms with Crippen molar-refractivity contribution in [2.45, 2.75) is 11.4 Å². The van der Waals surface area contributed by atoms with Crippen LogP contribution in [0.15, 0.2) is 42.5 Å². The molecule has 0 radical (unpaired) electrons. The van der Waals surface area contributed by atoms with Crippen molar-refractivity contribution < 1.29 is 9.90 Å². The number of amides is 1. The van der Waals surface area contributed by atoms with E-state index in [1.54, 1.807) is 30.0 Å². The number of fused-ring (bicyclic) bond motifs is 2. The van der Waals surface area contributed by atoms with E-state index in [0.29, 0.717) is 16.8 Å². The van der Waals surface area contributed by atoms with Crippen molar-refractivity contribution in [3.63, 3.8) is 0 Å². The van der Waals surface area contributed by atoms with E-state index >= 15 is 0 Å². The van der Waals surface area contributed by atoms with Gasteiger partial charge >= 0.3 is 0 Å². The molecule has 2 aromatic carbocycles. The molecule has 0 saturated carbocycles. The van der Waals surface area contributed by atoms with Crippen LogP contribution in [-0.4, -0.2) is 32.1 Å². The van der Waals surface area contributed by atoms with Crippen LogP contribution in [0.1, 0.15) is 21.5 Å². The van der Waals surface area contributed by atoms with Gasteiger partial charge in [0.2, 0.25) is 0 Å². The summed E-state index contributed by atoms with van der Waals surface area (Å²) in [7, 11) is 0. The number of rotatable bonds is 3. The predicted molar refractivity (Wildman–Crippen MR) is 96.2 cm³/mol. The number of thioether (sulfide) groups is 1. The van der Waals surface area contributed by atoms with Gasteiger partial charge in [-0.1, -0.05) is 24.3 Å². The quantitative estimate of drug-likeness (QED) is 0.753. The largest absolute Gasteiger partial charge is 0.382 e. The average Bonchev–Trinajstić information content (AvgIpc) is 3.08. The highest BCUT2D eigenvalue weighted by atomic mass is 32.2. The molecule has 0 fully saturated rings. The Morgan fingerprint density at radius 3 is 2.96 bits per heavy atom. The van der Waals surface area contributed by atoms with Gasteiger partial charge in [0.1, 0.15) is 16.6 Å². The minimum Gasteiger partial charge on any atom is -0.382 e. The lowest BCUT2D eigenvalue weighted by atomic mass is 9.91. The SMILES string of the molecule is O=C(NCC1(O)CSCc2ccccc21)c1ccc2nsnc2c1. The van der Waals surface area contributed by atoms with Crippen molar-refractivity contribution in [2.75, 3.05) is 12.3 Å². The van der Waals surface area contributed by atoms with Crippen LogP contribution in [-0.2, 0) is 11.4 Å². The molecule has 1 aliphatic rings. The lowest BCUT2D eigenvalue weighted by molar-refractivity contribution is 0.0552. The molecule has 0 spiro atoms. The fourth-order valence-electron chi connectivity index (χ4n) is 2.91. The zero-order chi connectivity index (χ0) is 16.6. The standard InChI is InChI=1S/C17H15N3O2S2/c21-16(11-5-6-14-15(7-11)20-24-19-14)18-9-17(22)10-23-8-12-3-1-2-4-13(12)17/h1-7,22H,8-10H2,(H,18,21). The summed E-state index contributed by atoms with van der Waals surface area (Å²) >= 11 is 2.80. The number of aliphatic hydroxyl groups is 1. The van der Waals surface area contributed by atoms with Gasteiger partial charge in [-0.25, -0.2) is 0 Å². The summed E-state index contributed by atoms with van der Waals surface area (Å²) in [5.41, 5.74) is 3.01. The summed E-state index contributed by atoms with van der Waals surface area (Å²) in [5.74, 6) is 1.24. The molecule has 2 heterocycles. The van der Waals surface area contributed by atoms with Crippen LogP contribution >= 0.6 is 23.5 Å². The second-order valence-electron chi connectivity index (χ2n) is 5.83. The Morgan fingerprint density at radius 2 is 2.04 bits per heavy atom. The Kier molecular flexibility index (Phi) is 3.99. The number of aromatic nitrogens is 2. The summed E-state index contributed by atoms with van der Waals surface area (Å²) in [6, 6.07) is 13.1. The van der Waals surface area contributed by atoms with Gasteiger partial charge in [-0.2, -0.15) is 20.5 Å². The first kappa shape index (κ1) is 15.6. The van der Waals surface area contributed by atoms with E-state index in [0.717, 1.165) is 34.1 Å². The molecule has 0 aliphatic carbocycles. The Labute approximate surface area is 147 Å². The van der Waals surface area contributed by atoms with Crippen molar-refractivity contribution in [3.8, 4) is 0 Å². The molecule has 24 heavy (non-hydrogen) atoms. The molecule has 1 unspecified atom stereocenters. The molecule has 2 N–H and O–H groups in total. The van der Waals surface area contributed by atoms with E-state index in [-0.39, 0.29) is 12.5 Å². The lowest BCUT2D eigenvalue weighted by Crippen LogP contribution is -2.44. The third-order valence-corrected chi connectivity index (χ3v) is 5.93. The number of benzene rings is 2. The van der Waals surface area contributed by atoms with Gasteiger partial charge in [-0.3, -0.25) is 4.79 Å². The molecule has 1 atom stereocenters. The monoisotopic (exact) mass is 357 g/mol. The first-order chi connectivity index (χ1) is 11.7. The van der Waals surface area contributed by atoms with Crippen LogP contribution in [0.5, 0.6) is 0 Å². The van der Waals surface area contributed by atoms with Crippen LogP contribution in [0, 0.1) is 0 Å². The third-order valence-electron chi connectivity index (χ3n) is 4.17. The second kappa shape index (κ2) is 6.16. The minimum atomic E-state index is -1.04. The summed E-state index contributed by atoms with van der Waals surface area (Å²) in [4.78, 5) is 12.4. The van der Waals surface area contributed by atoms with E-state index < -0.39 is 5.60 Å². The molecule has 0 saturated heterocycles. The van der Waals surface area contributed by atoms with Gasteiger partial charge in [0, 0.05) is 17.1 Å². The average molecular weight is 357 g/mol. The number of hydrogen-bond acceptors (Lipinski definition) is 6. The molecule has 7 heteroatoms. The van der Waals surface area contributed by atoms with E-state index in [9.17, 15) is 9.90 Å². The Balaban J connectivity index is 1.53. The Morgan fingerprint density at radius 1 is 1.21 bits per heavy atom. The van der Waals surface area contributed by atoms with E-state index in [1.807, 2.05) is 24.3 Å². The molecule has 1 amide bonds. The van der Waals surface area contributed by atoms with E-state index in [2.05, 4.69) is 14.1 Å². The van der Waals surface area contributed by atoms with Crippen LogP contribution in [0.4, 0.5) is 0 Å². The number of nitrogens with one attached hydrogen (secondary N) is 1. The molecular formula is C17H15N3O2S2. The normalized spacial score (nSPS) is 19.9. The van der Waals surface area contributed by atoms with E-state index in [1.165, 1.54) is 0 Å². The Hall–Kier alpha value is -1.96. The first-order valence-electron chi connectivity index (χ1n) is 7.55. The summed E-state index contributed by atoms with van der Waals surface area (Å²) in [6.07, 6.45) is 0. The van der Waals surface area contributed by atoms with Crippen LogP contribution in [0.2, 0.25) is 0 Å². The van der Waals surface area contributed by atoms with Gasteiger partial charge in [0.15, 0.2) is 0 Å². The van der Waals surface area contributed by atoms with Crippen molar-refractivity contribution in [3.05, 3.63) is 59.2 Å². The van der Waals surface area contributed by atoms with Gasteiger partial charge < -0.3 is 10.4 Å². The van der Waals surface area contributed by atoms with Crippen LogP contribution in [0.3, 0.4) is 0 Å². The van der Waals surface area contributed by atoms with Crippen LogP contribution in [0.25, 0.3) is 11.0 Å². The highest BCUT2D eigenvalue weighted by Crippen LogP contribution is 2.35. The van der Waals surface area contributed by atoms with Gasteiger partial charge in [0.05, 0.1) is 18.3 Å². The maximum atomic E-state index is 12.4. The molecule has 0 bridgehead atoms. The maximum absolute atomic E-state index is 12.4. The molecule has 1 aromatic heterocycles. The number of nitrogens with zero attached hydrogens (tertiary/aromatic N) is 2. The molecule has 1 aliphatic heterocycles. The number of carbonyl (C=O) groups excluding carboxylic acids is 1. The zero-order valence-corrected chi connectivity index (χ0v) is 14.4. The predicted octanol–water partition coefficient (Wildman–Crippen LogP) is 2.56. The highest BCUT2D eigenvalue weighted by molar-refractivity contribution is 7.98. The molecule has 122 valence electrons. The summed E-state index contributed by atoms with van der Waals surface area (Å²) in [5, 5.41) is 13.9. The summed E-state index contributed by atoms with van der Waals surface area (Å²) < 4.78 is 8.28. The Bertz CT molecular complexity index is 911. The zero-order valence-electron chi connectivity index (χ0n) is 12.7. The number of hydrogen-bond donors (Lipinski definition) is 2. The van der Waals surface area contributed by atoms with Gasteiger partial charge in [-0.15, -0.1) is 0 Å². The maximum Gasteiger partial charge on any atom is 0.251 e. The lowest BCUT2D eigenvalue weighted by Gasteiger charge is -2.34. The van der Waals surface area contributed by atoms with Gasteiger partial charge in [0.25, 0.3) is 5.91 Å². The van der Waals surface area contributed by atoms with Crippen molar-refractivity contribution in [1.29, 1.82) is 0 Å². The first-order valence-corrected chi connectivity index (χ1v) is 9.43. The third kappa shape index (κ3) is 2.79. The van der Waals surface area contributed by atoms with Crippen molar-refractivity contribution in [1.82, 2.24) is 14.1 Å². The molecule has 3 aromatic rings. The highest BCUT2D eigenvalue weighted by Gasteiger charge is 2.35. The summed E-state index contributed by atoms with van der Waals surface area (Å²) in [6.45, 7) is 0.184. The molecule has 5 nitrogen and oxygen atoms in total.